The van der Waals surface area contributed by atoms with Crippen molar-refractivity contribution in [1.29, 1.82) is 0 Å². The summed E-state index contributed by atoms with van der Waals surface area (Å²) in [6.45, 7) is 1.71. The van der Waals surface area contributed by atoms with Crippen molar-refractivity contribution >= 4 is 31.5 Å². The Balaban J connectivity index is 2.92. The summed E-state index contributed by atoms with van der Waals surface area (Å²) in [7, 11) is 1.29. The van der Waals surface area contributed by atoms with Gasteiger partial charge in [-0.15, -0.1) is 0 Å². The SMILES string of the molecule is CC1=CSC(N)(S(=O)(=O)Cl)N1. The van der Waals surface area contributed by atoms with Gasteiger partial charge in [0.1, 0.15) is 0 Å². The van der Waals surface area contributed by atoms with Crippen LogP contribution in [-0.4, -0.2) is 12.7 Å². The zero-order valence-electron chi connectivity index (χ0n) is 5.67. The molecule has 0 aromatic carbocycles. The molecule has 1 atom stereocenters. The van der Waals surface area contributed by atoms with Crippen LogP contribution in [0.4, 0.5) is 0 Å². The van der Waals surface area contributed by atoms with E-state index in [0.717, 1.165) is 11.8 Å². The van der Waals surface area contributed by atoms with Gasteiger partial charge in [-0.25, -0.2) is 8.42 Å². The first kappa shape index (κ1) is 9.18. The minimum Gasteiger partial charge on any atom is -0.348 e. The first-order valence-corrected chi connectivity index (χ1v) is 5.90. The highest BCUT2D eigenvalue weighted by molar-refractivity contribution is 8.26. The molecule has 0 spiro atoms. The molecule has 64 valence electrons. The van der Waals surface area contributed by atoms with Crippen LogP contribution in [0.1, 0.15) is 6.92 Å². The normalized spacial score (nSPS) is 31.4. The summed E-state index contributed by atoms with van der Waals surface area (Å²) in [5.74, 6) is 0. The summed E-state index contributed by atoms with van der Waals surface area (Å²) in [4.78, 5) is 0. The van der Waals surface area contributed by atoms with Gasteiger partial charge in [-0.3, -0.25) is 5.73 Å². The smallest absolute Gasteiger partial charge is 0.280 e. The van der Waals surface area contributed by atoms with E-state index in [0.29, 0.717) is 5.70 Å². The lowest BCUT2D eigenvalue weighted by Crippen LogP contribution is -2.51. The Morgan fingerprint density at radius 2 is 2.36 bits per heavy atom. The highest BCUT2D eigenvalue weighted by Crippen LogP contribution is 2.33. The highest BCUT2D eigenvalue weighted by atomic mass is 35.7. The van der Waals surface area contributed by atoms with E-state index in [4.69, 9.17) is 16.4 Å². The standard InChI is InChI=1S/C4H7ClN2O2S2/c1-3-2-10-4(6,7-3)11(5,8)9/h2,7H,6H2,1H3. The lowest BCUT2D eigenvalue weighted by Gasteiger charge is -2.19. The average molecular weight is 215 g/mol. The van der Waals surface area contributed by atoms with Crippen LogP contribution in [0.25, 0.3) is 0 Å². The van der Waals surface area contributed by atoms with Crippen LogP contribution in [-0.2, 0) is 9.05 Å². The van der Waals surface area contributed by atoms with E-state index < -0.39 is 13.4 Å². The Hall–Kier alpha value is 0.0900. The van der Waals surface area contributed by atoms with Crippen molar-refractivity contribution in [1.82, 2.24) is 5.32 Å². The molecule has 0 saturated heterocycles. The molecule has 7 heteroatoms. The van der Waals surface area contributed by atoms with Crippen molar-refractivity contribution in [2.45, 2.75) is 11.3 Å². The third-order valence-electron chi connectivity index (χ3n) is 1.14. The first-order chi connectivity index (χ1) is 4.85. The molecule has 0 fully saturated rings. The zero-order chi connectivity index (χ0) is 8.70. The van der Waals surface area contributed by atoms with Gasteiger partial charge < -0.3 is 5.32 Å². The quantitative estimate of drug-likeness (QED) is 0.616. The molecule has 0 aromatic rings. The summed E-state index contributed by atoms with van der Waals surface area (Å²) in [5.41, 5.74) is 6.10. The summed E-state index contributed by atoms with van der Waals surface area (Å²) < 4.78 is 20.1. The predicted molar refractivity (Wildman–Crippen MR) is 46.2 cm³/mol. The monoisotopic (exact) mass is 214 g/mol. The second-order valence-electron chi connectivity index (χ2n) is 2.15. The van der Waals surface area contributed by atoms with Crippen molar-refractivity contribution < 1.29 is 8.42 Å². The van der Waals surface area contributed by atoms with E-state index in [-0.39, 0.29) is 0 Å². The minimum absolute atomic E-state index is 0.696. The van der Waals surface area contributed by atoms with Gasteiger partial charge in [-0.1, -0.05) is 11.8 Å². The summed E-state index contributed by atoms with van der Waals surface area (Å²) in [5, 5.41) is 4.16. The molecular weight excluding hydrogens is 208 g/mol. The van der Waals surface area contributed by atoms with Crippen molar-refractivity contribution in [2.75, 3.05) is 0 Å². The van der Waals surface area contributed by atoms with Gasteiger partial charge in [-0.05, 0) is 12.3 Å². The van der Waals surface area contributed by atoms with Crippen molar-refractivity contribution in [3.63, 3.8) is 0 Å². The third kappa shape index (κ3) is 1.64. The maximum absolute atomic E-state index is 10.8. The molecule has 1 rings (SSSR count). The van der Waals surface area contributed by atoms with Gasteiger partial charge in [0.25, 0.3) is 13.4 Å². The van der Waals surface area contributed by atoms with Crippen LogP contribution >= 0.6 is 22.4 Å². The fourth-order valence-electron chi connectivity index (χ4n) is 0.628. The largest absolute Gasteiger partial charge is 0.348 e. The summed E-state index contributed by atoms with van der Waals surface area (Å²) in [6.07, 6.45) is 0. The minimum atomic E-state index is -3.79. The summed E-state index contributed by atoms with van der Waals surface area (Å²) in [6, 6.07) is 0. The molecule has 0 saturated carbocycles. The van der Waals surface area contributed by atoms with Gasteiger partial charge in [0.2, 0.25) is 0 Å². The molecule has 11 heavy (non-hydrogen) atoms. The van der Waals surface area contributed by atoms with Gasteiger partial charge >= 0.3 is 0 Å². The van der Waals surface area contributed by atoms with E-state index in [1.54, 1.807) is 12.3 Å². The Kier molecular flexibility index (Phi) is 2.13. The van der Waals surface area contributed by atoms with Crippen LogP contribution in [0.3, 0.4) is 0 Å². The Bertz CT molecular complexity index is 299. The fourth-order valence-corrected chi connectivity index (χ4v) is 2.59. The maximum atomic E-state index is 10.8. The molecule has 0 aliphatic carbocycles. The van der Waals surface area contributed by atoms with Crippen molar-refractivity contribution in [3.8, 4) is 0 Å². The highest BCUT2D eigenvalue weighted by Gasteiger charge is 2.42. The number of hydrogen-bond donors (Lipinski definition) is 2. The lowest BCUT2D eigenvalue weighted by molar-refractivity contribution is 0.573. The Labute approximate surface area is 73.6 Å². The molecule has 1 heterocycles. The van der Waals surface area contributed by atoms with Crippen LogP contribution in [0.2, 0.25) is 0 Å². The third-order valence-corrected chi connectivity index (χ3v) is 4.85. The molecule has 1 unspecified atom stereocenters. The number of hydrogen-bond acceptors (Lipinski definition) is 5. The molecule has 0 amide bonds. The number of nitrogens with one attached hydrogen (secondary N) is 1. The maximum Gasteiger partial charge on any atom is 0.280 e. The molecular formula is C4H7ClN2O2S2. The first-order valence-electron chi connectivity index (χ1n) is 2.71. The van der Waals surface area contributed by atoms with Gasteiger partial charge in [0.05, 0.1) is 0 Å². The molecule has 0 aromatic heterocycles. The predicted octanol–water partition coefficient (Wildman–Crippen LogP) is 0.323. The fraction of sp³-hybridized carbons (Fsp3) is 0.500. The van der Waals surface area contributed by atoms with Crippen molar-refractivity contribution in [2.24, 2.45) is 5.73 Å². The van der Waals surface area contributed by atoms with E-state index in [1.807, 2.05) is 0 Å². The van der Waals surface area contributed by atoms with E-state index in [9.17, 15) is 8.42 Å². The van der Waals surface area contributed by atoms with Crippen LogP contribution in [0, 0.1) is 0 Å². The number of allylic oxidation sites excluding steroid dienone is 1. The summed E-state index contributed by atoms with van der Waals surface area (Å²) >= 11 is 0.944. The van der Waals surface area contributed by atoms with E-state index in [2.05, 4.69) is 5.32 Å². The van der Waals surface area contributed by atoms with Crippen molar-refractivity contribution in [3.05, 3.63) is 11.1 Å². The Morgan fingerprint density at radius 1 is 1.82 bits per heavy atom. The van der Waals surface area contributed by atoms with Crippen LogP contribution < -0.4 is 11.1 Å². The topological polar surface area (TPSA) is 72.2 Å². The van der Waals surface area contributed by atoms with Crippen LogP contribution in [0.5, 0.6) is 0 Å². The zero-order valence-corrected chi connectivity index (χ0v) is 8.05. The van der Waals surface area contributed by atoms with Gasteiger partial charge in [0, 0.05) is 16.4 Å². The van der Waals surface area contributed by atoms with E-state index >= 15 is 0 Å². The lowest BCUT2D eigenvalue weighted by atomic mass is 10.6. The number of thioether (sulfide) groups is 1. The van der Waals surface area contributed by atoms with E-state index in [1.165, 1.54) is 0 Å². The second kappa shape index (κ2) is 2.55. The molecule has 3 N–H and O–H groups in total. The van der Waals surface area contributed by atoms with Gasteiger partial charge in [-0.2, -0.15) is 0 Å². The molecule has 0 radical (unpaired) electrons. The second-order valence-corrected chi connectivity index (χ2v) is 6.26. The number of halogens is 1. The average Bonchev–Trinajstić information content (AvgIpc) is 2.10. The Morgan fingerprint density at radius 3 is 2.55 bits per heavy atom. The molecule has 1 aliphatic heterocycles. The molecule has 4 nitrogen and oxygen atoms in total. The number of rotatable bonds is 1. The number of nitrogens with two attached hydrogens (primary N) is 1. The molecule has 1 aliphatic rings. The van der Waals surface area contributed by atoms with Gasteiger partial charge in [0.15, 0.2) is 0 Å². The van der Waals surface area contributed by atoms with Crippen LogP contribution in [0.15, 0.2) is 11.1 Å². The molecule has 0 bridgehead atoms.